The van der Waals surface area contributed by atoms with E-state index in [0.29, 0.717) is 18.7 Å². The molecule has 0 unspecified atom stereocenters. The van der Waals surface area contributed by atoms with Crippen LogP contribution in [0.4, 0.5) is 17.1 Å². The van der Waals surface area contributed by atoms with Gasteiger partial charge < -0.3 is 16.4 Å². The van der Waals surface area contributed by atoms with E-state index in [2.05, 4.69) is 35.8 Å². The lowest BCUT2D eigenvalue weighted by Crippen LogP contribution is -2.04. The Morgan fingerprint density at radius 3 is 2.95 bits per heavy atom. The Labute approximate surface area is 118 Å². The van der Waals surface area contributed by atoms with E-state index in [-0.39, 0.29) is 5.91 Å². The molecule has 0 atom stereocenters. The molecule has 1 aliphatic heterocycles. The summed E-state index contributed by atoms with van der Waals surface area (Å²) in [4.78, 5) is 11.4. The molecule has 0 saturated carbocycles. The minimum atomic E-state index is 0.0234. The molecule has 1 heterocycles. The van der Waals surface area contributed by atoms with Crippen molar-refractivity contribution in [1.82, 2.24) is 0 Å². The normalized spacial score (nSPS) is 12.9. The number of nitrogens with one attached hydrogen (secondary N) is 2. The number of rotatable bonds is 3. The van der Waals surface area contributed by atoms with Gasteiger partial charge in [-0.15, -0.1) is 0 Å². The van der Waals surface area contributed by atoms with Crippen LogP contribution in [0.1, 0.15) is 16.7 Å². The molecule has 0 spiro atoms. The van der Waals surface area contributed by atoms with Gasteiger partial charge in [0.25, 0.3) is 0 Å². The zero-order valence-electron chi connectivity index (χ0n) is 11.4. The quantitative estimate of drug-likeness (QED) is 0.749. The second kappa shape index (κ2) is 4.89. The largest absolute Gasteiger partial charge is 0.397 e. The van der Waals surface area contributed by atoms with Crippen molar-refractivity contribution < 1.29 is 4.79 Å². The summed E-state index contributed by atoms with van der Waals surface area (Å²) in [7, 11) is 0. The molecule has 102 valence electrons. The van der Waals surface area contributed by atoms with Crippen LogP contribution in [-0.4, -0.2) is 5.91 Å². The molecular formula is C16H17N3O. The lowest BCUT2D eigenvalue weighted by atomic mass is 10.1. The number of benzene rings is 2. The van der Waals surface area contributed by atoms with Crippen molar-refractivity contribution in [3.8, 4) is 0 Å². The summed E-state index contributed by atoms with van der Waals surface area (Å²) in [6.45, 7) is 2.78. The van der Waals surface area contributed by atoms with Crippen molar-refractivity contribution in [2.45, 2.75) is 19.9 Å². The highest BCUT2D eigenvalue weighted by Gasteiger charge is 2.19. The lowest BCUT2D eigenvalue weighted by molar-refractivity contribution is -0.115. The van der Waals surface area contributed by atoms with E-state index in [0.717, 1.165) is 16.9 Å². The van der Waals surface area contributed by atoms with Crippen LogP contribution in [0.2, 0.25) is 0 Å². The van der Waals surface area contributed by atoms with E-state index < -0.39 is 0 Å². The molecule has 3 rings (SSSR count). The predicted octanol–water partition coefficient (Wildman–Crippen LogP) is 2.68. The Morgan fingerprint density at radius 2 is 2.15 bits per heavy atom. The monoisotopic (exact) mass is 267 g/mol. The zero-order chi connectivity index (χ0) is 14.1. The van der Waals surface area contributed by atoms with Gasteiger partial charge in [0, 0.05) is 12.2 Å². The molecular weight excluding hydrogens is 250 g/mol. The number of nitrogens with two attached hydrogens (primary N) is 1. The number of hydrogen-bond donors (Lipinski definition) is 3. The number of carbonyl (C=O) groups excluding carboxylic acids is 1. The third-order valence-corrected chi connectivity index (χ3v) is 3.47. The second-order valence-corrected chi connectivity index (χ2v) is 5.16. The van der Waals surface area contributed by atoms with Crippen molar-refractivity contribution in [2.75, 3.05) is 16.4 Å². The van der Waals surface area contributed by atoms with Crippen LogP contribution in [0, 0.1) is 6.92 Å². The third kappa shape index (κ3) is 2.45. The smallest absolute Gasteiger partial charge is 0.228 e. The number of amides is 1. The fraction of sp³-hybridized carbons (Fsp3) is 0.188. The topological polar surface area (TPSA) is 67.1 Å². The maximum Gasteiger partial charge on any atom is 0.228 e. The van der Waals surface area contributed by atoms with Crippen LogP contribution >= 0.6 is 0 Å². The van der Waals surface area contributed by atoms with Gasteiger partial charge >= 0.3 is 0 Å². The summed E-state index contributed by atoms with van der Waals surface area (Å²) in [6.07, 6.45) is 0.414. The number of anilines is 3. The number of fused-ring (bicyclic) bond motifs is 1. The predicted molar refractivity (Wildman–Crippen MR) is 81.7 cm³/mol. The number of hydrogen-bond acceptors (Lipinski definition) is 3. The lowest BCUT2D eigenvalue weighted by Gasteiger charge is -2.12. The number of carbonyl (C=O) groups is 1. The maximum absolute atomic E-state index is 11.4. The molecule has 0 radical (unpaired) electrons. The van der Waals surface area contributed by atoms with E-state index in [1.165, 1.54) is 11.1 Å². The summed E-state index contributed by atoms with van der Waals surface area (Å²) in [5.74, 6) is 0.0234. The summed E-state index contributed by atoms with van der Waals surface area (Å²) in [5, 5.41) is 6.16. The average molecular weight is 267 g/mol. The summed E-state index contributed by atoms with van der Waals surface area (Å²) >= 11 is 0. The van der Waals surface area contributed by atoms with E-state index in [1.807, 2.05) is 18.2 Å². The van der Waals surface area contributed by atoms with E-state index in [4.69, 9.17) is 5.73 Å². The molecule has 20 heavy (non-hydrogen) atoms. The molecule has 4 nitrogen and oxygen atoms in total. The first-order chi connectivity index (χ1) is 9.61. The highest BCUT2D eigenvalue weighted by Crippen LogP contribution is 2.31. The molecule has 1 amide bonds. The Balaban J connectivity index is 1.78. The summed E-state index contributed by atoms with van der Waals surface area (Å²) < 4.78 is 0. The van der Waals surface area contributed by atoms with Crippen molar-refractivity contribution in [2.24, 2.45) is 0 Å². The Morgan fingerprint density at radius 1 is 1.30 bits per heavy atom. The van der Waals surface area contributed by atoms with Gasteiger partial charge in [-0.05, 0) is 30.2 Å². The third-order valence-electron chi connectivity index (χ3n) is 3.47. The molecule has 0 saturated heterocycles. The standard InChI is InChI=1S/C16H17N3O/c1-10-3-2-4-11(5-10)9-18-15-8-14-12(6-13(15)17)7-16(20)19-14/h2-6,8,18H,7,9,17H2,1H3,(H,19,20). The molecule has 0 fully saturated rings. The molecule has 1 aliphatic rings. The molecule has 4 N–H and O–H groups in total. The van der Waals surface area contributed by atoms with Crippen LogP contribution in [0.3, 0.4) is 0 Å². The second-order valence-electron chi connectivity index (χ2n) is 5.16. The first-order valence-electron chi connectivity index (χ1n) is 6.63. The van der Waals surface area contributed by atoms with E-state index in [1.54, 1.807) is 0 Å². The van der Waals surface area contributed by atoms with Crippen LogP contribution < -0.4 is 16.4 Å². The van der Waals surface area contributed by atoms with Gasteiger partial charge in [-0.25, -0.2) is 0 Å². The van der Waals surface area contributed by atoms with Gasteiger partial charge in [-0.3, -0.25) is 4.79 Å². The van der Waals surface area contributed by atoms with Gasteiger partial charge in [0.1, 0.15) is 0 Å². The molecule has 0 aromatic heterocycles. The first kappa shape index (κ1) is 12.5. The van der Waals surface area contributed by atoms with E-state index in [9.17, 15) is 4.79 Å². The van der Waals surface area contributed by atoms with E-state index >= 15 is 0 Å². The van der Waals surface area contributed by atoms with Crippen molar-refractivity contribution in [1.29, 1.82) is 0 Å². The highest BCUT2D eigenvalue weighted by molar-refractivity contribution is 6.00. The SMILES string of the molecule is Cc1cccc(CNc2cc3c(cc2N)CC(=O)N3)c1. The van der Waals surface area contributed by atoms with Crippen molar-refractivity contribution >= 4 is 23.0 Å². The molecule has 0 aliphatic carbocycles. The first-order valence-corrected chi connectivity index (χ1v) is 6.63. The molecule has 2 aromatic carbocycles. The fourth-order valence-corrected chi connectivity index (χ4v) is 2.47. The average Bonchev–Trinajstić information content (AvgIpc) is 2.75. The van der Waals surface area contributed by atoms with Crippen molar-refractivity contribution in [3.05, 3.63) is 53.1 Å². The van der Waals surface area contributed by atoms with Gasteiger partial charge in [-0.2, -0.15) is 0 Å². The number of nitrogen functional groups attached to an aromatic ring is 1. The Kier molecular flexibility index (Phi) is 3.06. The van der Waals surface area contributed by atoms with Crippen LogP contribution in [0.25, 0.3) is 0 Å². The molecule has 0 bridgehead atoms. The van der Waals surface area contributed by atoms with Crippen LogP contribution in [0.15, 0.2) is 36.4 Å². The van der Waals surface area contributed by atoms with Crippen molar-refractivity contribution in [3.63, 3.8) is 0 Å². The van der Waals surface area contributed by atoms with Gasteiger partial charge in [-0.1, -0.05) is 29.8 Å². The minimum absolute atomic E-state index is 0.0234. The van der Waals surface area contributed by atoms with Gasteiger partial charge in [0.05, 0.1) is 17.8 Å². The maximum atomic E-state index is 11.4. The molecule has 2 aromatic rings. The summed E-state index contributed by atoms with van der Waals surface area (Å²) in [5.41, 5.74) is 11.8. The zero-order valence-corrected chi connectivity index (χ0v) is 11.4. The highest BCUT2D eigenvalue weighted by atomic mass is 16.1. The van der Waals surface area contributed by atoms with Crippen LogP contribution in [-0.2, 0) is 17.8 Å². The van der Waals surface area contributed by atoms with Gasteiger partial charge in [0.2, 0.25) is 5.91 Å². The van der Waals surface area contributed by atoms with Gasteiger partial charge in [0.15, 0.2) is 0 Å². The van der Waals surface area contributed by atoms with Crippen LogP contribution in [0.5, 0.6) is 0 Å². The Hall–Kier alpha value is -2.49. The fourth-order valence-electron chi connectivity index (χ4n) is 2.47. The Bertz CT molecular complexity index is 679. The minimum Gasteiger partial charge on any atom is -0.397 e. The number of aryl methyl sites for hydroxylation is 1. The summed E-state index contributed by atoms with van der Waals surface area (Å²) in [6, 6.07) is 12.1. The molecule has 4 heteroatoms.